The molecule has 1 aliphatic rings. The standard InChI is InChI=1S/C14H22N4O2/c1-3-4-7-17(2)14(19)12-5-6-13(16-15-12)18-8-10-20-11-9-18/h5-6H,3-4,7-11H2,1-2H3. The molecule has 1 aromatic rings. The van der Waals surface area contributed by atoms with Crippen LogP contribution in [0.1, 0.15) is 30.3 Å². The number of carbonyl (C=O) groups is 1. The van der Waals surface area contributed by atoms with E-state index in [1.54, 1.807) is 18.0 Å². The highest BCUT2D eigenvalue weighted by Crippen LogP contribution is 2.12. The molecule has 1 fully saturated rings. The number of unbranched alkanes of at least 4 members (excludes halogenated alkanes) is 1. The van der Waals surface area contributed by atoms with E-state index in [1.807, 2.05) is 6.07 Å². The fraction of sp³-hybridized carbons (Fsp3) is 0.643. The second-order valence-corrected chi connectivity index (χ2v) is 4.96. The Hall–Kier alpha value is -1.69. The van der Waals surface area contributed by atoms with Crippen LogP contribution in [0.15, 0.2) is 12.1 Å². The molecule has 1 saturated heterocycles. The van der Waals surface area contributed by atoms with Crippen molar-refractivity contribution in [3.05, 3.63) is 17.8 Å². The minimum atomic E-state index is -0.0699. The monoisotopic (exact) mass is 278 g/mol. The van der Waals surface area contributed by atoms with E-state index in [9.17, 15) is 4.79 Å². The number of ether oxygens (including phenoxy) is 1. The minimum Gasteiger partial charge on any atom is -0.378 e. The molecule has 0 bridgehead atoms. The van der Waals surface area contributed by atoms with Crippen molar-refractivity contribution < 1.29 is 9.53 Å². The van der Waals surface area contributed by atoms with Gasteiger partial charge in [0, 0.05) is 26.7 Å². The van der Waals surface area contributed by atoms with Crippen molar-refractivity contribution in [2.75, 3.05) is 44.8 Å². The highest BCUT2D eigenvalue weighted by molar-refractivity contribution is 5.92. The summed E-state index contributed by atoms with van der Waals surface area (Å²) in [5, 5.41) is 8.22. The lowest BCUT2D eigenvalue weighted by molar-refractivity contribution is 0.0786. The molecule has 6 nitrogen and oxygen atoms in total. The van der Waals surface area contributed by atoms with Crippen LogP contribution in [0.3, 0.4) is 0 Å². The van der Waals surface area contributed by atoms with Crippen molar-refractivity contribution in [2.45, 2.75) is 19.8 Å². The summed E-state index contributed by atoms with van der Waals surface area (Å²) in [5.41, 5.74) is 0.403. The van der Waals surface area contributed by atoms with Gasteiger partial charge in [-0.2, -0.15) is 0 Å². The first-order valence-electron chi connectivity index (χ1n) is 7.14. The number of hydrogen-bond donors (Lipinski definition) is 0. The molecule has 0 aromatic carbocycles. The van der Waals surface area contributed by atoms with Gasteiger partial charge >= 0.3 is 0 Å². The third-order valence-electron chi connectivity index (χ3n) is 3.40. The second kappa shape index (κ2) is 7.19. The van der Waals surface area contributed by atoms with Crippen LogP contribution in [0.5, 0.6) is 0 Å². The number of carbonyl (C=O) groups excluding carboxylic acids is 1. The zero-order valence-corrected chi connectivity index (χ0v) is 12.2. The van der Waals surface area contributed by atoms with Gasteiger partial charge < -0.3 is 14.5 Å². The predicted octanol–water partition coefficient (Wildman–Crippen LogP) is 1.19. The molecule has 6 heteroatoms. The van der Waals surface area contributed by atoms with Crippen LogP contribution < -0.4 is 4.90 Å². The van der Waals surface area contributed by atoms with Crippen molar-refractivity contribution in [3.8, 4) is 0 Å². The summed E-state index contributed by atoms with van der Waals surface area (Å²) in [7, 11) is 1.80. The highest BCUT2D eigenvalue weighted by atomic mass is 16.5. The molecule has 1 aliphatic heterocycles. The molecule has 0 spiro atoms. The zero-order chi connectivity index (χ0) is 14.4. The Bertz CT molecular complexity index is 429. The van der Waals surface area contributed by atoms with E-state index in [0.29, 0.717) is 18.9 Å². The number of amides is 1. The summed E-state index contributed by atoms with van der Waals surface area (Å²) in [6.07, 6.45) is 2.07. The summed E-state index contributed by atoms with van der Waals surface area (Å²) < 4.78 is 5.30. The molecule has 0 N–H and O–H groups in total. The Morgan fingerprint density at radius 2 is 2.10 bits per heavy atom. The lowest BCUT2D eigenvalue weighted by Crippen LogP contribution is -2.37. The number of aromatic nitrogens is 2. The molecule has 20 heavy (non-hydrogen) atoms. The van der Waals surface area contributed by atoms with Gasteiger partial charge in [0.1, 0.15) is 0 Å². The Balaban J connectivity index is 1.98. The van der Waals surface area contributed by atoms with E-state index < -0.39 is 0 Å². The topological polar surface area (TPSA) is 58.6 Å². The third-order valence-corrected chi connectivity index (χ3v) is 3.40. The van der Waals surface area contributed by atoms with Gasteiger partial charge in [0.25, 0.3) is 5.91 Å². The van der Waals surface area contributed by atoms with E-state index in [-0.39, 0.29) is 5.91 Å². The molecule has 110 valence electrons. The summed E-state index contributed by atoms with van der Waals surface area (Å²) in [6.45, 7) is 5.92. The largest absolute Gasteiger partial charge is 0.378 e. The van der Waals surface area contributed by atoms with Crippen LogP contribution in [0.25, 0.3) is 0 Å². The van der Waals surface area contributed by atoms with Gasteiger partial charge in [-0.25, -0.2) is 0 Å². The Kier molecular flexibility index (Phi) is 5.29. The number of hydrogen-bond acceptors (Lipinski definition) is 5. The van der Waals surface area contributed by atoms with Crippen molar-refractivity contribution in [3.63, 3.8) is 0 Å². The number of anilines is 1. The van der Waals surface area contributed by atoms with Crippen LogP contribution in [0, 0.1) is 0 Å². The van der Waals surface area contributed by atoms with Crippen LogP contribution in [-0.2, 0) is 4.74 Å². The van der Waals surface area contributed by atoms with Crippen molar-refractivity contribution >= 4 is 11.7 Å². The quantitative estimate of drug-likeness (QED) is 0.809. The van der Waals surface area contributed by atoms with Crippen molar-refractivity contribution in [1.29, 1.82) is 0 Å². The molecule has 0 saturated carbocycles. The molecule has 1 amide bonds. The van der Waals surface area contributed by atoms with E-state index in [4.69, 9.17) is 4.74 Å². The molecular weight excluding hydrogens is 256 g/mol. The summed E-state index contributed by atoms with van der Waals surface area (Å²) in [5.74, 6) is 0.737. The number of rotatable bonds is 5. The maximum absolute atomic E-state index is 12.1. The first-order valence-corrected chi connectivity index (χ1v) is 7.14. The van der Waals surface area contributed by atoms with E-state index >= 15 is 0 Å². The zero-order valence-electron chi connectivity index (χ0n) is 12.2. The van der Waals surface area contributed by atoms with Gasteiger partial charge in [-0.15, -0.1) is 10.2 Å². The predicted molar refractivity (Wildman–Crippen MR) is 76.9 cm³/mol. The van der Waals surface area contributed by atoms with Crippen LogP contribution in [0.4, 0.5) is 5.82 Å². The van der Waals surface area contributed by atoms with Crippen molar-refractivity contribution in [2.24, 2.45) is 0 Å². The number of morpholine rings is 1. The maximum Gasteiger partial charge on any atom is 0.274 e. The molecular formula is C14H22N4O2. The second-order valence-electron chi connectivity index (χ2n) is 4.96. The van der Waals surface area contributed by atoms with Gasteiger partial charge in [0.15, 0.2) is 11.5 Å². The van der Waals surface area contributed by atoms with E-state index in [1.165, 1.54) is 0 Å². The fourth-order valence-corrected chi connectivity index (χ4v) is 2.09. The van der Waals surface area contributed by atoms with Gasteiger partial charge in [0.2, 0.25) is 0 Å². The first-order chi connectivity index (χ1) is 9.72. The van der Waals surface area contributed by atoms with E-state index in [2.05, 4.69) is 22.0 Å². The van der Waals surface area contributed by atoms with Gasteiger partial charge in [-0.3, -0.25) is 4.79 Å². The molecule has 0 radical (unpaired) electrons. The molecule has 2 heterocycles. The van der Waals surface area contributed by atoms with Crippen LogP contribution >= 0.6 is 0 Å². The lowest BCUT2D eigenvalue weighted by Gasteiger charge is -2.27. The minimum absolute atomic E-state index is 0.0699. The Labute approximate surface area is 119 Å². The Morgan fingerprint density at radius 3 is 2.70 bits per heavy atom. The molecule has 0 unspecified atom stereocenters. The molecule has 0 aliphatic carbocycles. The average molecular weight is 278 g/mol. The SMILES string of the molecule is CCCCN(C)C(=O)c1ccc(N2CCOCC2)nn1. The fourth-order valence-electron chi connectivity index (χ4n) is 2.09. The molecule has 1 aromatic heterocycles. The van der Waals surface area contributed by atoms with E-state index in [0.717, 1.165) is 38.3 Å². The highest BCUT2D eigenvalue weighted by Gasteiger charge is 2.16. The summed E-state index contributed by atoms with van der Waals surface area (Å²) in [6, 6.07) is 3.61. The Morgan fingerprint density at radius 1 is 1.35 bits per heavy atom. The normalized spacial score (nSPS) is 15.2. The van der Waals surface area contributed by atoms with Crippen LogP contribution in [0.2, 0.25) is 0 Å². The smallest absolute Gasteiger partial charge is 0.274 e. The first kappa shape index (κ1) is 14.7. The molecule has 0 atom stereocenters. The van der Waals surface area contributed by atoms with Gasteiger partial charge in [-0.05, 0) is 18.6 Å². The summed E-state index contributed by atoms with van der Waals surface area (Å²) in [4.78, 5) is 15.9. The van der Waals surface area contributed by atoms with Crippen LogP contribution in [-0.4, -0.2) is 60.9 Å². The van der Waals surface area contributed by atoms with Crippen molar-refractivity contribution in [1.82, 2.24) is 15.1 Å². The lowest BCUT2D eigenvalue weighted by atomic mass is 10.3. The maximum atomic E-state index is 12.1. The molecule has 2 rings (SSSR count). The van der Waals surface area contributed by atoms with Gasteiger partial charge in [0.05, 0.1) is 13.2 Å². The third kappa shape index (κ3) is 3.66. The average Bonchev–Trinajstić information content (AvgIpc) is 2.53. The van der Waals surface area contributed by atoms with Gasteiger partial charge in [-0.1, -0.05) is 13.3 Å². The number of nitrogens with zero attached hydrogens (tertiary/aromatic N) is 4. The summed E-state index contributed by atoms with van der Waals surface area (Å²) >= 11 is 0.